The van der Waals surface area contributed by atoms with Crippen molar-refractivity contribution in [2.45, 2.75) is 45.3 Å². The van der Waals surface area contributed by atoms with Crippen LogP contribution in [0, 0.1) is 0 Å². The van der Waals surface area contributed by atoms with Gasteiger partial charge in [-0.3, -0.25) is 4.79 Å². The summed E-state index contributed by atoms with van der Waals surface area (Å²) in [5, 5.41) is 3.96. The lowest BCUT2D eigenvalue weighted by Gasteiger charge is -2.19. The van der Waals surface area contributed by atoms with Crippen LogP contribution in [0.25, 0.3) is 0 Å². The normalized spacial score (nSPS) is 14.5. The second kappa shape index (κ2) is 8.11. The van der Waals surface area contributed by atoms with Gasteiger partial charge >= 0.3 is 0 Å². The van der Waals surface area contributed by atoms with E-state index in [1.54, 1.807) is 25.1 Å². The summed E-state index contributed by atoms with van der Waals surface area (Å²) in [4.78, 5) is 12.3. The molecule has 25 heavy (non-hydrogen) atoms. The zero-order valence-electron chi connectivity index (χ0n) is 14.1. The van der Waals surface area contributed by atoms with Crippen molar-refractivity contribution in [2.24, 2.45) is 0 Å². The second-order valence-corrected chi connectivity index (χ2v) is 7.19. The fourth-order valence-corrected chi connectivity index (χ4v) is 3.51. The quantitative estimate of drug-likeness (QED) is 0.799. The molecule has 3 nitrogen and oxygen atoms in total. The van der Waals surface area contributed by atoms with Crippen LogP contribution in [0.5, 0.6) is 5.75 Å². The molecule has 0 heterocycles. The van der Waals surface area contributed by atoms with Crippen LogP contribution < -0.4 is 10.1 Å². The number of halogens is 2. The monoisotopic (exact) mass is 377 g/mol. The van der Waals surface area contributed by atoms with E-state index in [2.05, 4.69) is 17.4 Å². The highest BCUT2D eigenvalue weighted by molar-refractivity contribution is 6.35. The maximum absolute atomic E-state index is 12.3. The van der Waals surface area contributed by atoms with Crippen LogP contribution in [0.4, 0.5) is 0 Å². The number of benzene rings is 2. The molecule has 1 amide bonds. The smallest absolute Gasteiger partial charge is 0.261 e. The van der Waals surface area contributed by atoms with Crippen molar-refractivity contribution in [3.63, 3.8) is 0 Å². The van der Waals surface area contributed by atoms with Crippen LogP contribution >= 0.6 is 23.2 Å². The molecule has 0 unspecified atom stereocenters. The fourth-order valence-electron chi connectivity index (χ4n) is 3.03. The molecule has 1 atom stereocenters. The number of aryl methyl sites for hydroxylation is 2. The molecule has 3 rings (SSSR count). The average Bonchev–Trinajstić information content (AvgIpc) is 2.60. The Morgan fingerprint density at radius 3 is 2.64 bits per heavy atom. The van der Waals surface area contributed by atoms with Crippen LogP contribution in [-0.4, -0.2) is 12.0 Å². The second-order valence-electron chi connectivity index (χ2n) is 6.35. The Morgan fingerprint density at radius 1 is 1.12 bits per heavy atom. The first-order valence-electron chi connectivity index (χ1n) is 8.53. The zero-order valence-corrected chi connectivity index (χ0v) is 15.7. The van der Waals surface area contributed by atoms with E-state index in [-0.39, 0.29) is 5.91 Å². The number of hydrogen-bond acceptors (Lipinski definition) is 2. The highest BCUT2D eigenvalue weighted by Crippen LogP contribution is 2.26. The average molecular weight is 378 g/mol. The number of nitrogens with one attached hydrogen (secondary N) is 1. The summed E-state index contributed by atoms with van der Waals surface area (Å²) in [7, 11) is 0. The Hall–Kier alpha value is -1.71. The predicted molar refractivity (Wildman–Crippen MR) is 101 cm³/mol. The fraction of sp³-hybridized carbons (Fsp3) is 0.350. The van der Waals surface area contributed by atoms with Gasteiger partial charge in [-0.1, -0.05) is 35.3 Å². The number of rotatable bonds is 5. The minimum Gasteiger partial charge on any atom is -0.481 e. The molecular formula is C20H21Cl2NO2. The first-order chi connectivity index (χ1) is 12.0. The lowest BCUT2D eigenvalue weighted by Crippen LogP contribution is -2.36. The van der Waals surface area contributed by atoms with Gasteiger partial charge in [0.25, 0.3) is 5.91 Å². The van der Waals surface area contributed by atoms with E-state index >= 15 is 0 Å². The molecule has 1 N–H and O–H groups in total. The molecule has 1 aliphatic carbocycles. The van der Waals surface area contributed by atoms with Gasteiger partial charge in [0, 0.05) is 16.6 Å². The van der Waals surface area contributed by atoms with Crippen molar-refractivity contribution in [3.8, 4) is 5.75 Å². The van der Waals surface area contributed by atoms with E-state index in [0.717, 1.165) is 24.2 Å². The van der Waals surface area contributed by atoms with Gasteiger partial charge in [0.15, 0.2) is 6.10 Å². The molecule has 0 spiro atoms. The molecule has 5 heteroatoms. The van der Waals surface area contributed by atoms with E-state index in [9.17, 15) is 4.79 Å². The summed E-state index contributed by atoms with van der Waals surface area (Å²) in [5.74, 6) is 0.566. The standard InChI is InChI=1S/C20H21Cl2NO2/c1-13(20(24)23-12-16-6-8-17(21)11-19(16)22)25-18-9-7-14-4-2-3-5-15(14)10-18/h6-11,13H,2-5,12H2,1H3,(H,23,24)/t13-/m1/s1. The van der Waals surface area contributed by atoms with E-state index < -0.39 is 6.10 Å². The minimum absolute atomic E-state index is 0.177. The number of ether oxygens (including phenoxy) is 1. The molecule has 1 aliphatic rings. The van der Waals surface area contributed by atoms with Crippen molar-refractivity contribution in [1.29, 1.82) is 0 Å². The topological polar surface area (TPSA) is 38.3 Å². The van der Waals surface area contributed by atoms with Gasteiger partial charge in [-0.2, -0.15) is 0 Å². The van der Waals surface area contributed by atoms with Gasteiger partial charge in [-0.25, -0.2) is 0 Å². The van der Waals surface area contributed by atoms with Crippen molar-refractivity contribution in [2.75, 3.05) is 0 Å². The Labute approximate surface area is 158 Å². The van der Waals surface area contributed by atoms with Gasteiger partial charge < -0.3 is 10.1 Å². The lowest BCUT2D eigenvalue weighted by atomic mass is 9.92. The Morgan fingerprint density at radius 2 is 1.88 bits per heavy atom. The summed E-state index contributed by atoms with van der Waals surface area (Å²) in [5.41, 5.74) is 3.55. The molecule has 0 radical (unpaired) electrons. The molecule has 2 aromatic carbocycles. The van der Waals surface area contributed by atoms with Gasteiger partial charge in [-0.15, -0.1) is 0 Å². The third-order valence-electron chi connectivity index (χ3n) is 4.47. The Bertz CT molecular complexity index is 776. The predicted octanol–water partition coefficient (Wildman–Crippen LogP) is 4.96. The van der Waals surface area contributed by atoms with Gasteiger partial charge in [0.05, 0.1) is 0 Å². The van der Waals surface area contributed by atoms with Gasteiger partial charge in [0.2, 0.25) is 0 Å². The Kier molecular flexibility index (Phi) is 5.87. The summed E-state index contributed by atoms with van der Waals surface area (Å²) in [6.07, 6.45) is 4.11. The molecular weight excluding hydrogens is 357 g/mol. The van der Waals surface area contributed by atoms with E-state index in [0.29, 0.717) is 16.6 Å². The minimum atomic E-state index is -0.576. The molecule has 0 saturated carbocycles. The van der Waals surface area contributed by atoms with E-state index in [1.165, 1.54) is 24.0 Å². The summed E-state index contributed by atoms with van der Waals surface area (Å²) in [6.45, 7) is 2.09. The number of carbonyl (C=O) groups is 1. The van der Waals surface area contributed by atoms with Crippen molar-refractivity contribution in [1.82, 2.24) is 5.32 Å². The molecule has 0 aromatic heterocycles. The SMILES string of the molecule is C[C@@H](Oc1ccc2c(c1)CCCC2)C(=O)NCc1ccc(Cl)cc1Cl. The number of fused-ring (bicyclic) bond motifs is 1. The molecule has 0 aliphatic heterocycles. The highest BCUT2D eigenvalue weighted by atomic mass is 35.5. The van der Waals surface area contributed by atoms with Crippen LogP contribution in [0.15, 0.2) is 36.4 Å². The summed E-state index contributed by atoms with van der Waals surface area (Å²) < 4.78 is 5.81. The van der Waals surface area contributed by atoms with Crippen molar-refractivity contribution >= 4 is 29.1 Å². The number of hydrogen-bond donors (Lipinski definition) is 1. The summed E-state index contributed by atoms with van der Waals surface area (Å²) in [6, 6.07) is 11.3. The molecule has 0 fully saturated rings. The Balaban J connectivity index is 1.57. The highest BCUT2D eigenvalue weighted by Gasteiger charge is 2.16. The number of carbonyl (C=O) groups excluding carboxylic acids is 1. The summed E-state index contributed by atoms with van der Waals surface area (Å²) >= 11 is 12.0. The zero-order chi connectivity index (χ0) is 17.8. The third kappa shape index (κ3) is 4.68. The molecule has 0 saturated heterocycles. The van der Waals surface area contributed by atoms with E-state index in [1.807, 2.05) is 6.07 Å². The maximum atomic E-state index is 12.3. The van der Waals surface area contributed by atoms with Crippen molar-refractivity contribution in [3.05, 3.63) is 63.1 Å². The van der Waals surface area contributed by atoms with Crippen LogP contribution in [0.3, 0.4) is 0 Å². The molecule has 132 valence electrons. The first-order valence-corrected chi connectivity index (χ1v) is 9.28. The van der Waals surface area contributed by atoms with Gasteiger partial charge in [0.1, 0.15) is 5.75 Å². The van der Waals surface area contributed by atoms with Crippen LogP contribution in [0.2, 0.25) is 10.0 Å². The van der Waals surface area contributed by atoms with Crippen LogP contribution in [0.1, 0.15) is 36.5 Å². The van der Waals surface area contributed by atoms with E-state index in [4.69, 9.17) is 27.9 Å². The first kappa shape index (κ1) is 18.1. The third-order valence-corrected chi connectivity index (χ3v) is 5.06. The van der Waals surface area contributed by atoms with Crippen LogP contribution in [-0.2, 0) is 24.2 Å². The lowest BCUT2D eigenvalue weighted by molar-refractivity contribution is -0.127. The number of amides is 1. The van der Waals surface area contributed by atoms with Crippen molar-refractivity contribution < 1.29 is 9.53 Å². The molecule has 2 aromatic rings. The maximum Gasteiger partial charge on any atom is 0.261 e. The largest absolute Gasteiger partial charge is 0.481 e. The van der Waals surface area contributed by atoms with Gasteiger partial charge in [-0.05, 0) is 73.6 Å². The molecule has 0 bridgehead atoms.